The Bertz CT molecular complexity index is 391. The van der Waals surface area contributed by atoms with Crippen molar-refractivity contribution in [2.45, 2.75) is 26.2 Å². The standard InChI is InChI=1S/C13H20N2O2/c1-3-4-5-9-15(2)12-10(13(16)17)7-6-8-11(12)14/h6-8H,3-5,9,14H2,1-2H3,(H,16,17). The monoisotopic (exact) mass is 236 g/mol. The summed E-state index contributed by atoms with van der Waals surface area (Å²) in [6.45, 7) is 2.96. The molecule has 0 radical (unpaired) electrons. The van der Waals surface area contributed by atoms with E-state index in [2.05, 4.69) is 6.92 Å². The Morgan fingerprint density at radius 1 is 1.41 bits per heavy atom. The molecule has 94 valence electrons. The van der Waals surface area contributed by atoms with Gasteiger partial charge in [0.1, 0.15) is 0 Å². The first-order valence-electron chi connectivity index (χ1n) is 5.90. The first kappa shape index (κ1) is 13.4. The fraction of sp³-hybridized carbons (Fsp3) is 0.462. The number of hydrogen-bond donors (Lipinski definition) is 2. The van der Waals surface area contributed by atoms with Gasteiger partial charge in [-0.1, -0.05) is 25.8 Å². The van der Waals surface area contributed by atoms with E-state index in [0.717, 1.165) is 25.8 Å². The number of para-hydroxylation sites is 1. The number of rotatable bonds is 6. The Kier molecular flexibility index (Phi) is 4.82. The molecule has 0 bridgehead atoms. The SMILES string of the molecule is CCCCCN(C)c1c(N)cccc1C(=O)O. The van der Waals surface area contributed by atoms with E-state index in [0.29, 0.717) is 11.4 Å². The highest BCUT2D eigenvalue weighted by atomic mass is 16.4. The second kappa shape index (κ2) is 6.13. The molecule has 1 aromatic rings. The molecule has 0 unspecified atom stereocenters. The minimum Gasteiger partial charge on any atom is -0.478 e. The van der Waals surface area contributed by atoms with Crippen LogP contribution in [0.2, 0.25) is 0 Å². The van der Waals surface area contributed by atoms with Crippen molar-refractivity contribution in [3.8, 4) is 0 Å². The molecular formula is C13H20N2O2. The summed E-state index contributed by atoms with van der Waals surface area (Å²) in [5.74, 6) is -0.936. The van der Waals surface area contributed by atoms with Crippen LogP contribution in [0.1, 0.15) is 36.5 Å². The Morgan fingerprint density at radius 2 is 2.12 bits per heavy atom. The molecule has 0 amide bonds. The van der Waals surface area contributed by atoms with Crippen LogP contribution in [0.4, 0.5) is 11.4 Å². The van der Waals surface area contributed by atoms with E-state index < -0.39 is 5.97 Å². The average molecular weight is 236 g/mol. The van der Waals surface area contributed by atoms with E-state index in [-0.39, 0.29) is 5.56 Å². The van der Waals surface area contributed by atoms with Crippen LogP contribution in [0, 0.1) is 0 Å². The molecule has 1 aromatic carbocycles. The molecule has 4 heteroatoms. The van der Waals surface area contributed by atoms with Gasteiger partial charge in [-0.25, -0.2) is 4.79 Å². The van der Waals surface area contributed by atoms with E-state index in [9.17, 15) is 4.79 Å². The molecule has 0 saturated carbocycles. The van der Waals surface area contributed by atoms with Gasteiger partial charge in [0, 0.05) is 13.6 Å². The van der Waals surface area contributed by atoms with E-state index in [1.807, 2.05) is 11.9 Å². The number of nitrogens with two attached hydrogens (primary N) is 1. The van der Waals surface area contributed by atoms with Crippen molar-refractivity contribution in [2.24, 2.45) is 0 Å². The predicted molar refractivity (Wildman–Crippen MR) is 70.6 cm³/mol. The van der Waals surface area contributed by atoms with Gasteiger partial charge in [0.25, 0.3) is 0 Å². The second-order valence-electron chi connectivity index (χ2n) is 4.18. The zero-order valence-corrected chi connectivity index (χ0v) is 10.4. The summed E-state index contributed by atoms with van der Waals surface area (Å²) in [6.07, 6.45) is 3.32. The van der Waals surface area contributed by atoms with Gasteiger partial charge in [0.2, 0.25) is 0 Å². The number of hydrogen-bond acceptors (Lipinski definition) is 3. The van der Waals surface area contributed by atoms with Gasteiger partial charge in [0.15, 0.2) is 0 Å². The van der Waals surface area contributed by atoms with Crippen molar-refractivity contribution in [3.63, 3.8) is 0 Å². The van der Waals surface area contributed by atoms with Gasteiger partial charge in [-0.15, -0.1) is 0 Å². The third-order valence-electron chi connectivity index (χ3n) is 2.78. The summed E-state index contributed by atoms with van der Waals surface area (Å²) >= 11 is 0. The van der Waals surface area contributed by atoms with Gasteiger partial charge >= 0.3 is 5.97 Å². The molecule has 0 atom stereocenters. The summed E-state index contributed by atoms with van der Waals surface area (Å²) in [5.41, 5.74) is 7.27. The number of anilines is 2. The van der Waals surface area contributed by atoms with Gasteiger partial charge < -0.3 is 15.7 Å². The molecule has 0 aliphatic heterocycles. The van der Waals surface area contributed by atoms with E-state index in [1.54, 1.807) is 18.2 Å². The normalized spacial score (nSPS) is 10.2. The van der Waals surface area contributed by atoms with Gasteiger partial charge in [-0.3, -0.25) is 0 Å². The van der Waals surface area contributed by atoms with Crippen LogP contribution in [-0.4, -0.2) is 24.7 Å². The predicted octanol–water partition coefficient (Wildman–Crippen LogP) is 2.59. The van der Waals surface area contributed by atoms with Crippen LogP contribution >= 0.6 is 0 Å². The molecule has 0 aromatic heterocycles. The number of carboxylic acids is 1. The molecule has 1 rings (SSSR count). The maximum Gasteiger partial charge on any atom is 0.337 e. The number of aromatic carboxylic acids is 1. The minimum absolute atomic E-state index is 0.268. The molecule has 17 heavy (non-hydrogen) atoms. The van der Waals surface area contributed by atoms with E-state index in [4.69, 9.17) is 10.8 Å². The summed E-state index contributed by atoms with van der Waals surface area (Å²) in [6, 6.07) is 4.99. The van der Waals surface area contributed by atoms with Crippen LogP contribution in [0.15, 0.2) is 18.2 Å². The van der Waals surface area contributed by atoms with Crippen LogP contribution in [-0.2, 0) is 0 Å². The average Bonchev–Trinajstić information content (AvgIpc) is 2.28. The van der Waals surface area contributed by atoms with Gasteiger partial charge in [0.05, 0.1) is 16.9 Å². The van der Waals surface area contributed by atoms with E-state index >= 15 is 0 Å². The van der Waals surface area contributed by atoms with Gasteiger partial charge in [-0.05, 0) is 18.6 Å². The number of unbranched alkanes of at least 4 members (excludes halogenated alkanes) is 2. The van der Waals surface area contributed by atoms with Crippen molar-refractivity contribution in [1.82, 2.24) is 0 Å². The highest BCUT2D eigenvalue weighted by Crippen LogP contribution is 2.27. The number of benzene rings is 1. The van der Waals surface area contributed by atoms with E-state index in [1.165, 1.54) is 0 Å². The largest absolute Gasteiger partial charge is 0.478 e. The molecule has 0 fully saturated rings. The number of carbonyl (C=O) groups is 1. The van der Waals surface area contributed by atoms with Crippen molar-refractivity contribution >= 4 is 17.3 Å². The smallest absolute Gasteiger partial charge is 0.337 e. The van der Waals surface area contributed by atoms with Crippen LogP contribution in [0.25, 0.3) is 0 Å². The zero-order chi connectivity index (χ0) is 12.8. The first-order valence-corrected chi connectivity index (χ1v) is 5.90. The third-order valence-corrected chi connectivity index (χ3v) is 2.78. The van der Waals surface area contributed by atoms with Crippen molar-refractivity contribution in [3.05, 3.63) is 23.8 Å². The fourth-order valence-electron chi connectivity index (χ4n) is 1.87. The summed E-state index contributed by atoms with van der Waals surface area (Å²) in [5, 5.41) is 9.13. The number of carboxylic acid groups (broad SMARTS) is 1. The highest BCUT2D eigenvalue weighted by Gasteiger charge is 2.15. The molecule has 0 aliphatic rings. The lowest BCUT2D eigenvalue weighted by Gasteiger charge is -2.22. The van der Waals surface area contributed by atoms with Crippen LogP contribution in [0.5, 0.6) is 0 Å². The number of nitrogens with zero attached hydrogens (tertiary/aromatic N) is 1. The minimum atomic E-state index is -0.936. The molecule has 3 N–H and O–H groups in total. The second-order valence-corrected chi connectivity index (χ2v) is 4.18. The lowest BCUT2D eigenvalue weighted by molar-refractivity contribution is 0.0697. The van der Waals surface area contributed by atoms with Crippen LogP contribution in [0.3, 0.4) is 0 Å². The first-order chi connectivity index (χ1) is 8.07. The quantitative estimate of drug-likeness (QED) is 0.588. The molecule has 4 nitrogen and oxygen atoms in total. The topological polar surface area (TPSA) is 66.6 Å². The molecule has 0 spiro atoms. The summed E-state index contributed by atoms with van der Waals surface area (Å²) < 4.78 is 0. The number of nitrogen functional groups attached to an aromatic ring is 1. The van der Waals surface area contributed by atoms with Gasteiger partial charge in [-0.2, -0.15) is 0 Å². The fourth-order valence-corrected chi connectivity index (χ4v) is 1.87. The Hall–Kier alpha value is -1.71. The lowest BCUT2D eigenvalue weighted by Crippen LogP contribution is -2.22. The van der Waals surface area contributed by atoms with Crippen molar-refractivity contribution in [1.29, 1.82) is 0 Å². The highest BCUT2D eigenvalue weighted by molar-refractivity contribution is 5.97. The molecule has 0 saturated heterocycles. The summed E-state index contributed by atoms with van der Waals surface area (Å²) in [7, 11) is 1.88. The maximum absolute atomic E-state index is 11.1. The lowest BCUT2D eigenvalue weighted by atomic mass is 10.1. The van der Waals surface area contributed by atoms with Crippen molar-refractivity contribution < 1.29 is 9.90 Å². The molecule has 0 aliphatic carbocycles. The molecular weight excluding hydrogens is 216 g/mol. The Balaban J connectivity index is 2.90. The van der Waals surface area contributed by atoms with Crippen LogP contribution < -0.4 is 10.6 Å². The third kappa shape index (κ3) is 3.37. The molecule has 0 heterocycles. The summed E-state index contributed by atoms with van der Waals surface area (Å²) in [4.78, 5) is 13.1. The maximum atomic E-state index is 11.1. The Labute approximate surface area is 102 Å². The Morgan fingerprint density at radius 3 is 2.71 bits per heavy atom. The zero-order valence-electron chi connectivity index (χ0n) is 10.4. The van der Waals surface area contributed by atoms with Crippen molar-refractivity contribution in [2.75, 3.05) is 24.2 Å².